The second-order valence-corrected chi connectivity index (χ2v) is 5.25. The van der Waals surface area contributed by atoms with Gasteiger partial charge in [-0.25, -0.2) is 0 Å². The van der Waals surface area contributed by atoms with E-state index in [0.29, 0.717) is 0 Å². The van der Waals surface area contributed by atoms with Crippen molar-refractivity contribution in [1.82, 2.24) is 4.90 Å². The first-order valence-electron chi connectivity index (χ1n) is 5.69. The average molecular weight is 225 g/mol. The number of aliphatic hydroxyl groups excluding tert-OH is 1. The summed E-state index contributed by atoms with van der Waals surface area (Å²) in [5.41, 5.74) is 1.41. The van der Waals surface area contributed by atoms with Gasteiger partial charge in [0.05, 0.1) is 6.10 Å². The molecule has 1 N–H and O–H groups in total. The molecule has 84 valence electrons. The molecule has 0 amide bonds. The van der Waals surface area contributed by atoms with Gasteiger partial charge in [-0.2, -0.15) is 11.3 Å². The Bertz CT molecular complexity index is 280. The maximum Gasteiger partial charge on any atom is 0.0524 e. The number of hydrogen-bond donors (Lipinski definition) is 1. The summed E-state index contributed by atoms with van der Waals surface area (Å²) in [7, 11) is 0. The third-order valence-corrected chi connectivity index (χ3v) is 3.60. The van der Waals surface area contributed by atoms with Crippen LogP contribution in [0.4, 0.5) is 0 Å². The third kappa shape index (κ3) is 3.59. The van der Waals surface area contributed by atoms with Gasteiger partial charge in [-0.1, -0.05) is 0 Å². The highest BCUT2D eigenvalue weighted by atomic mass is 32.1. The monoisotopic (exact) mass is 225 g/mol. The predicted molar refractivity (Wildman–Crippen MR) is 64.0 cm³/mol. The van der Waals surface area contributed by atoms with E-state index in [1.54, 1.807) is 11.3 Å². The summed E-state index contributed by atoms with van der Waals surface area (Å²) in [4.78, 5) is 2.51. The Hall–Kier alpha value is -0.380. The zero-order chi connectivity index (χ0) is 10.7. The van der Waals surface area contributed by atoms with Crippen molar-refractivity contribution in [2.24, 2.45) is 0 Å². The van der Waals surface area contributed by atoms with E-state index in [2.05, 4.69) is 21.7 Å². The molecule has 1 aliphatic carbocycles. The molecule has 0 aliphatic heterocycles. The summed E-state index contributed by atoms with van der Waals surface area (Å²) in [6, 6.07) is 2.98. The van der Waals surface area contributed by atoms with E-state index in [1.165, 1.54) is 18.4 Å². The molecule has 0 aromatic carbocycles. The fourth-order valence-electron chi connectivity index (χ4n) is 1.80. The van der Waals surface area contributed by atoms with Crippen LogP contribution in [-0.4, -0.2) is 28.7 Å². The number of rotatable bonds is 6. The Kier molecular flexibility index (Phi) is 3.78. The summed E-state index contributed by atoms with van der Waals surface area (Å²) in [5, 5.41) is 13.7. The molecule has 1 heterocycles. The van der Waals surface area contributed by atoms with E-state index in [0.717, 1.165) is 25.6 Å². The summed E-state index contributed by atoms with van der Waals surface area (Å²) in [5.74, 6) is 0. The van der Waals surface area contributed by atoms with Gasteiger partial charge in [0.25, 0.3) is 0 Å². The van der Waals surface area contributed by atoms with E-state index in [-0.39, 0.29) is 6.10 Å². The summed E-state index contributed by atoms with van der Waals surface area (Å²) in [6.45, 7) is 3.95. The van der Waals surface area contributed by atoms with Gasteiger partial charge in [0.1, 0.15) is 0 Å². The van der Waals surface area contributed by atoms with Crippen LogP contribution >= 0.6 is 11.3 Å². The van der Waals surface area contributed by atoms with E-state index >= 15 is 0 Å². The Balaban J connectivity index is 1.83. The van der Waals surface area contributed by atoms with E-state index in [4.69, 9.17) is 0 Å². The fraction of sp³-hybridized carbons (Fsp3) is 0.667. The Labute approximate surface area is 95.5 Å². The molecule has 1 fully saturated rings. The Morgan fingerprint density at radius 1 is 1.60 bits per heavy atom. The number of hydrogen-bond acceptors (Lipinski definition) is 3. The average Bonchev–Trinajstić information content (AvgIpc) is 2.91. The molecular weight excluding hydrogens is 206 g/mol. The van der Waals surface area contributed by atoms with Gasteiger partial charge in [0.2, 0.25) is 0 Å². The van der Waals surface area contributed by atoms with Crippen LogP contribution in [0.1, 0.15) is 31.7 Å². The number of nitrogens with zero attached hydrogens (tertiary/aromatic N) is 1. The molecule has 0 spiro atoms. The second-order valence-electron chi connectivity index (χ2n) is 4.47. The normalized spacial score (nSPS) is 18.3. The predicted octanol–water partition coefficient (Wildman–Crippen LogP) is 2.48. The molecule has 1 aromatic rings. The molecule has 15 heavy (non-hydrogen) atoms. The minimum Gasteiger partial charge on any atom is -0.393 e. The highest BCUT2D eigenvalue weighted by molar-refractivity contribution is 7.07. The molecule has 1 saturated carbocycles. The largest absolute Gasteiger partial charge is 0.393 e. The minimum absolute atomic E-state index is 0.172. The minimum atomic E-state index is -0.172. The molecule has 1 atom stereocenters. The van der Waals surface area contributed by atoms with Crippen LogP contribution < -0.4 is 0 Å². The SMILES string of the molecule is CC(O)CCN(Cc1ccsc1)C1CC1. The molecule has 1 unspecified atom stereocenters. The smallest absolute Gasteiger partial charge is 0.0524 e. The lowest BCUT2D eigenvalue weighted by Gasteiger charge is -2.22. The quantitative estimate of drug-likeness (QED) is 0.804. The van der Waals surface area contributed by atoms with Crippen molar-refractivity contribution in [3.05, 3.63) is 22.4 Å². The summed E-state index contributed by atoms with van der Waals surface area (Å²) >= 11 is 1.76. The molecule has 0 bridgehead atoms. The van der Waals surface area contributed by atoms with Crippen LogP contribution in [-0.2, 0) is 6.54 Å². The van der Waals surface area contributed by atoms with Gasteiger partial charge in [-0.3, -0.25) is 4.90 Å². The summed E-state index contributed by atoms with van der Waals surface area (Å²) in [6.07, 6.45) is 3.39. The Morgan fingerprint density at radius 3 is 2.93 bits per heavy atom. The van der Waals surface area contributed by atoms with Crippen LogP contribution in [0.5, 0.6) is 0 Å². The van der Waals surface area contributed by atoms with Gasteiger partial charge in [0.15, 0.2) is 0 Å². The first kappa shape index (κ1) is 11.1. The molecule has 1 aliphatic rings. The van der Waals surface area contributed by atoms with Crippen molar-refractivity contribution < 1.29 is 5.11 Å². The maximum absolute atomic E-state index is 9.30. The van der Waals surface area contributed by atoms with Crippen molar-refractivity contribution in [2.45, 2.75) is 44.9 Å². The maximum atomic E-state index is 9.30. The standard InChI is InChI=1S/C12H19NOS/c1-10(14)4-6-13(12-2-3-12)8-11-5-7-15-9-11/h5,7,9-10,12,14H,2-4,6,8H2,1H3. The topological polar surface area (TPSA) is 23.5 Å². The number of thiophene rings is 1. The summed E-state index contributed by atoms with van der Waals surface area (Å²) < 4.78 is 0. The van der Waals surface area contributed by atoms with Crippen LogP contribution in [0.3, 0.4) is 0 Å². The zero-order valence-corrected chi connectivity index (χ0v) is 10.0. The van der Waals surface area contributed by atoms with Crippen molar-refractivity contribution in [3.8, 4) is 0 Å². The Morgan fingerprint density at radius 2 is 2.40 bits per heavy atom. The van der Waals surface area contributed by atoms with Gasteiger partial charge in [-0.15, -0.1) is 0 Å². The zero-order valence-electron chi connectivity index (χ0n) is 9.22. The van der Waals surface area contributed by atoms with Gasteiger partial charge in [-0.05, 0) is 48.6 Å². The molecule has 2 rings (SSSR count). The van der Waals surface area contributed by atoms with E-state index in [9.17, 15) is 5.11 Å². The fourth-order valence-corrected chi connectivity index (χ4v) is 2.46. The first-order valence-corrected chi connectivity index (χ1v) is 6.63. The molecule has 3 heteroatoms. The van der Waals surface area contributed by atoms with Crippen molar-refractivity contribution in [1.29, 1.82) is 0 Å². The van der Waals surface area contributed by atoms with Gasteiger partial charge < -0.3 is 5.11 Å². The third-order valence-electron chi connectivity index (χ3n) is 2.86. The molecular formula is C12H19NOS. The lowest BCUT2D eigenvalue weighted by molar-refractivity contribution is 0.150. The van der Waals surface area contributed by atoms with Crippen molar-refractivity contribution >= 4 is 11.3 Å². The second kappa shape index (κ2) is 5.10. The lowest BCUT2D eigenvalue weighted by Crippen LogP contribution is -2.28. The molecule has 1 aromatic heterocycles. The van der Waals surface area contributed by atoms with E-state index < -0.39 is 0 Å². The van der Waals surface area contributed by atoms with Gasteiger partial charge in [0, 0.05) is 19.1 Å². The van der Waals surface area contributed by atoms with Crippen LogP contribution in [0.25, 0.3) is 0 Å². The van der Waals surface area contributed by atoms with E-state index in [1.807, 2.05) is 6.92 Å². The van der Waals surface area contributed by atoms with Crippen molar-refractivity contribution in [3.63, 3.8) is 0 Å². The first-order chi connectivity index (χ1) is 7.25. The van der Waals surface area contributed by atoms with Crippen LogP contribution in [0.2, 0.25) is 0 Å². The number of aliphatic hydroxyl groups is 1. The highest BCUT2D eigenvalue weighted by Crippen LogP contribution is 2.28. The molecule has 0 saturated heterocycles. The molecule has 0 radical (unpaired) electrons. The van der Waals surface area contributed by atoms with Crippen molar-refractivity contribution in [2.75, 3.05) is 6.54 Å². The van der Waals surface area contributed by atoms with Crippen LogP contribution in [0.15, 0.2) is 16.8 Å². The lowest BCUT2D eigenvalue weighted by atomic mass is 10.2. The molecule has 2 nitrogen and oxygen atoms in total. The highest BCUT2D eigenvalue weighted by Gasteiger charge is 2.28. The van der Waals surface area contributed by atoms with Gasteiger partial charge >= 0.3 is 0 Å². The van der Waals surface area contributed by atoms with Crippen LogP contribution in [0, 0.1) is 0 Å².